The van der Waals surface area contributed by atoms with E-state index in [0.717, 1.165) is 17.2 Å². The molecule has 0 aliphatic rings. The third kappa shape index (κ3) is 4.61. The number of aromatic nitrogens is 3. The minimum absolute atomic E-state index is 0.0911. The molecule has 6 nitrogen and oxygen atoms in total. The zero-order chi connectivity index (χ0) is 18.4. The molecule has 2 aromatic heterocycles. The number of amides is 1. The van der Waals surface area contributed by atoms with Crippen LogP contribution in [0.5, 0.6) is 5.75 Å². The van der Waals surface area contributed by atoms with Crippen LogP contribution in [-0.4, -0.2) is 27.0 Å². The molecule has 26 heavy (non-hydrogen) atoms. The van der Waals surface area contributed by atoms with Crippen molar-refractivity contribution in [3.05, 3.63) is 71.4 Å². The summed E-state index contributed by atoms with van der Waals surface area (Å²) in [5.74, 6) is 2.16. The number of carbonyl (C=O) groups excluding carboxylic acids is 1. The molecule has 0 aliphatic heterocycles. The number of aryl methyl sites for hydroxylation is 1. The van der Waals surface area contributed by atoms with Crippen LogP contribution in [-0.2, 0) is 11.3 Å². The van der Waals surface area contributed by atoms with E-state index in [-0.39, 0.29) is 18.9 Å². The van der Waals surface area contributed by atoms with Gasteiger partial charge in [0.25, 0.3) is 0 Å². The first-order valence-electron chi connectivity index (χ1n) is 8.23. The molecule has 1 N–H and O–H groups in total. The van der Waals surface area contributed by atoms with E-state index in [0.29, 0.717) is 17.3 Å². The molecule has 0 spiro atoms. The van der Waals surface area contributed by atoms with Crippen molar-refractivity contribution in [1.82, 2.24) is 19.9 Å². The number of nitrogens with zero attached hydrogens (tertiary/aromatic N) is 3. The number of benzene rings is 1. The maximum Gasteiger partial charge on any atom is 0.223 e. The number of imidazole rings is 1. The van der Waals surface area contributed by atoms with Crippen LogP contribution in [0.25, 0.3) is 5.82 Å². The third-order valence-electron chi connectivity index (χ3n) is 3.79. The van der Waals surface area contributed by atoms with Crippen molar-refractivity contribution in [3.63, 3.8) is 0 Å². The second kappa shape index (κ2) is 8.49. The summed E-state index contributed by atoms with van der Waals surface area (Å²) in [6, 6.07) is 11.0. The largest absolute Gasteiger partial charge is 0.491 e. The molecular weight excluding hydrogens is 352 g/mol. The Morgan fingerprint density at radius 2 is 2.08 bits per heavy atom. The van der Waals surface area contributed by atoms with Gasteiger partial charge in [-0.2, -0.15) is 0 Å². The van der Waals surface area contributed by atoms with Gasteiger partial charge in [0.1, 0.15) is 17.4 Å². The number of hydrogen-bond donors (Lipinski definition) is 1. The fraction of sp³-hybridized carbons (Fsp3) is 0.211. The standard InChI is InChI=1S/C19H19ClN4O2/c1-14-21-9-10-24(14)18-7-6-15(12-22-18)13-23-19(25)8-11-26-17-5-3-2-4-16(17)20/h2-7,9-10,12H,8,11,13H2,1H3,(H,23,25). The van der Waals surface area contributed by atoms with E-state index in [1.807, 2.05) is 42.0 Å². The van der Waals surface area contributed by atoms with Crippen LogP contribution in [0.3, 0.4) is 0 Å². The second-order valence-corrected chi connectivity index (χ2v) is 6.08. The van der Waals surface area contributed by atoms with Crippen LogP contribution in [0.2, 0.25) is 5.02 Å². The fourth-order valence-electron chi connectivity index (χ4n) is 2.39. The summed E-state index contributed by atoms with van der Waals surface area (Å²) in [7, 11) is 0. The highest BCUT2D eigenvalue weighted by atomic mass is 35.5. The molecule has 1 aromatic carbocycles. The summed E-state index contributed by atoms with van der Waals surface area (Å²) >= 11 is 6.00. The lowest BCUT2D eigenvalue weighted by atomic mass is 10.2. The van der Waals surface area contributed by atoms with Crippen LogP contribution in [0, 0.1) is 6.92 Å². The number of rotatable bonds is 7. The van der Waals surface area contributed by atoms with E-state index in [1.54, 1.807) is 24.5 Å². The highest BCUT2D eigenvalue weighted by molar-refractivity contribution is 6.32. The highest BCUT2D eigenvalue weighted by Gasteiger charge is 2.05. The van der Waals surface area contributed by atoms with Gasteiger partial charge in [0.05, 0.1) is 18.1 Å². The van der Waals surface area contributed by atoms with Gasteiger partial charge in [-0.05, 0) is 30.7 Å². The molecule has 3 aromatic rings. The second-order valence-electron chi connectivity index (χ2n) is 5.67. The minimum Gasteiger partial charge on any atom is -0.491 e. The summed E-state index contributed by atoms with van der Waals surface area (Å²) in [5.41, 5.74) is 0.923. The molecule has 0 fully saturated rings. The minimum atomic E-state index is -0.0911. The highest BCUT2D eigenvalue weighted by Crippen LogP contribution is 2.23. The summed E-state index contributed by atoms with van der Waals surface area (Å²) in [6.45, 7) is 2.61. The number of ether oxygens (including phenoxy) is 1. The van der Waals surface area contributed by atoms with Gasteiger partial charge in [-0.3, -0.25) is 9.36 Å². The van der Waals surface area contributed by atoms with Gasteiger partial charge >= 0.3 is 0 Å². The van der Waals surface area contributed by atoms with Crippen LogP contribution in [0.15, 0.2) is 55.0 Å². The maximum atomic E-state index is 11.9. The molecule has 7 heteroatoms. The van der Waals surface area contributed by atoms with E-state index in [4.69, 9.17) is 16.3 Å². The Bertz CT molecular complexity index is 877. The van der Waals surface area contributed by atoms with Crippen molar-refractivity contribution in [3.8, 4) is 11.6 Å². The van der Waals surface area contributed by atoms with Crippen molar-refractivity contribution in [2.45, 2.75) is 19.9 Å². The molecule has 1 amide bonds. The summed E-state index contributed by atoms with van der Waals surface area (Å²) in [5, 5.41) is 3.39. The topological polar surface area (TPSA) is 69.0 Å². The Labute approximate surface area is 156 Å². The predicted molar refractivity (Wildman–Crippen MR) is 99.5 cm³/mol. The molecule has 0 atom stereocenters. The summed E-state index contributed by atoms with van der Waals surface area (Å²) in [6.07, 6.45) is 5.59. The summed E-state index contributed by atoms with van der Waals surface area (Å²) < 4.78 is 7.41. The molecule has 2 heterocycles. The van der Waals surface area contributed by atoms with Crippen LogP contribution >= 0.6 is 11.6 Å². The third-order valence-corrected chi connectivity index (χ3v) is 4.11. The van der Waals surface area contributed by atoms with Crippen LogP contribution in [0.4, 0.5) is 0 Å². The molecule has 0 bridgehead atoms. The Morgan fingerprint density at radius 3 is 2.77 bits per heavy atom. The van der Waals surface area contributed by atoms with E-state index >= 15 is 0 Å². The molecule has 0 saturated carbocycles. The number of carbonyl (C=O) groups is 1. The van der Waals surface area contributed by atoms with E-state index in [2.05, 4.69) is 15.3 Å². The Kier molecular flexibility index (Phi) is 5.86. The summed E-state index contributed by atoms with van der Waals surface area (Å²) in [4.78, 5) is 20.5. The molecular formula is C19H19ClN4O2. The van der Waals surface area contributed by atoms with Gasteiger partial charge < -0.3 is 10.1 Å². The quantitative estimate of drug-likeness (QED) is 0.692. The number of para-hydroxylation sites is 1. The zero-order valence-corrected chi connectivity index (χ0v) is 15.1. The first-order valence-corrected chi connectivity index (χ1v) is 8.60. The molecule has 134 valence electrons. The van der Waals surface area contributed by atoms with Crippen molar-refractivity contribution < 1.29 is 9.53 Å². The molecule has 0 unspecified atom stereocenters. The lowest BCUT2D eigenvalue weighted by molar-refractivity contribution is -0.121. The van der Waals surface area contributed by atoms with Gasteiger partial charge in [-0.15, -0.1) is 0 Å². The van der Waals surface area contributed by atoms with Crippen LogP contribution in [0.1, 0.15) is 17.8 Å². The van der Waals surface area contributed by atoms with Gasteiger partial charge in [-0.1, -0.05) is 29.8 Å². The lowest BCUT2D eigenvalue weighted by Crippen LogP contribution is -2.24. The molecule has 0 aliphatic carbocycles. The Hall–Kier alpha value is -2.86. The maximum absolute atomic E-state index is 11.9. The Balaban J connectivity index is 1.44. The number of nitrogens with one attached hydrogen (secondary N) is 1. The van der Waals surface area contributed by atoms with Gasteiger partial charge in [0.2, 0.25) is 5.91 Å². The molecule has 0 radical (unpaired) electrons. The van der Waals surface area contributed by atoms with Crippen molar-refractivity contribution >= 4 is 17.5 Å². The Morgan fingerprint density at radius 1 is 1.23 bits per heavy atom. The van der Waals surface area contributed by atoms with E-state index < -0.39 is 0 Å². The first-order chi connectivity index (χ1) is 12.6. The SMILES string of the molecule is Cc1nccn1-c1ccc(CNC(=O)CCOc2ccccc2Cl)cn1. The van der Waals surface area contributed by atoms with Crippen molar-refractivity contribution in [1.29, 1.82) is 0 Å². The first kappa shape index (κ1) is 17.9. The normalized spacial score (nSPS) is 10.5. The van der Waals surface area contributed by atoms with E-state index in [1.165, 1.54) is 0 Å². The van der Waals surface area contributed by atoms with Crippen molar-refractivity contribution in [2.24, 2.45) is 0 Å². The number of pyridine rings is 1. The molecule has 3 rings (SSSR count). The lowest BCUT2D eigenvalue weighted by Gasteiger charge is -2.09. The zero-order valence-electron chi connectivity index (χ0n) is 14.4. The van der Waals surface area contributed by atoms with Crippen LogP contribution < -0.4 is 10.1 Å². The van der Waals surface area contributed by atoms with Gasteiger partial charge in [-0.25, -0.2) is 9.97 Å². The van der Waals surface area contributed by atoms with Gasteiger partial charge in [0.15, 0.2) is 0 Å². The van der Waals surface area contributed by atoms with Crippen molar-refractivity contribution in [2.75, 3.05) is 6.61 Å². The smallest absolute Gasteiger partial charge is 0.223 e. The number of halogens is 1. The fourth-order valence-corrected chi connectivity index (χ4v) is 2.58. The molecule has 0 saturated heterocycles. The van der Waals surface area contributed by atoms with E-state index in [9.17, 15) is 4.79 Å². The predicted octanol–water partition coefficient (Wildman–Crippen LogP) is 3.31. The average molecular weight is 371 g/mol. The average Bonchev–Trinajstić information content (AvgIpc) is 3.08. The monoisotopic (exact) mass is 370 g/mol. The number of hydrogen-bond acceptors (Lipinski definition) is 4. The van der Waals surface area contributed by atoms with Gasteiger partial charge in [0, 0.05) is 25.1 Å².